The summed E-state index contributed by atoms with van der Waals surface area (Å²) in [6, 6.07) is 2.16. The molecule has 0 aliphatic carbocycles. The standard InChI is InChI=1S/C12H19N3O3S/c1-12(2,3)10(13)11(16)15-8-5-6-9(14-7-8)19(4,17)18/h5-7,10H,13H2,1-4H3,(H,15,16). The molecule has 0 bridgehead atoms. The number of carbonyl (C=O) groups excluding carboxylic acids is 1. The van der Waals surface area contributed by atoms with Crippen LogP contribution in [0, 0.1) is 5.41 Å². The quantitative estimate of drug-likeness (QED) is 0.855. The monoisotopic (exact) mass is 285 g/mol. The van der Waals surface area contributed by atoms with Crippen LogP contribution in [0.25, 0.3) is 0 Å². The SMILES string of the molecule is CC(C)(C)C(N)C(=O)Nc1ccc(S(C)(=O)=O)nc1. The van der Waals surface area contributed by atoms with Crippen LogP contribution in [0.1, 0.15) is 20.8 Å². The van der Waals surface area contributed by atoms with E-state index in [0.29, 0.717) is 5.69 Å². The normalized spacial score (nSPS) is 13.9. The molecule has 1 rings (SSSR count). The van der Waals surface area contributed by atoms with Gasteiger partial charge in [0, 0.05) is 6.26 Å². The highest BCUT2D eigenvalue weighted by Crippen LogP contribution is 2.19. The zero-order valence-corrected chi connectivity index (χ0v) is 12.3. The second kappa shape index (κ2) is 5.26. The van der Waals surface area contributed by atoms with E-state index in [4.69, 9.17) is 5.73 Å². The molecule has 0 saturated carbocycles. The molecule has 0 aliphatic heterocycles. The lowest BCUT2D eigenvalue weighted by molar-refractivity contribution is -0.119. The zero-order valence-electron chi connectivity index (χ0n) is 11.5. The third-order valence-corrected chi connectivity index (χ3v) is 3.60. The third-order valence-electron chi connectivity index (χ3n) is 2.60. The Balaban J connectivity index is 2.82. The summed E-state index contributed by atoms with van der Waals surface area (Å²) in [7, 11) is -3.34. The predicted molar refractivity (Wildman–Crippen MR) is 73.4 cm³/mol. The van der Waals surface area contributed by atoms with Gasteiger partial charge >= 0.3 is 0 Å². The Morgan fingerprint density at radius 3 is 2.32 bits per heavy atom. The first-order chi connectivity index (χ1) is 8.51. The number of nitrogens with two attached hydrogens (primary N) is 1. The van der Waals surface area contributed by atoms with Gasteiger partial charge in [-0.2, -0.15) is 0 Å². The van der Waals surface area contributed by atoms with Crippen LogP contribution in [0.5, 0.6) is 0 Å². The molecule has 1 unspecified atom stereocenters. The van der Waals surface area contributed by atoms with E-state index >= 15 is 0 Å². The number of pyridine rings is 1. The number of anilines is 1. The second-order valence-electron chi connectivity index (χ2n) is 5.49. The number of sulfone groups is 1. The number of aromatic nitrogens is 1. The lowest BCUT2D eigenvalue weighted by Gasteiger charge is -2.25. The zero-order chi connectivity index (χ0) is 14.8. The van der Waals surface area contributed by atoms with Crippen molar-refractivity contribution in [2.75, 3.05) is 11.6 Å². The number of amides is 1. The minimum atomic E-state index is -3.34. The van der Waals surface area contributed by atoms with Gasteiger partial charge < -0.3 is 11.1 Å². The fourth-order valence-electron chi connectivity index (χ4n) is 1.29. The molecule has 1 aromatic rings. The maximum absolute atomic E-state index is 11.9. The van der Waals surface area contributed by atoms with Gasteiger partial charge in [-0.15, -0.1) is 0 Å². The van der Waals surface area contributed by atoms with Gasteiger partial charge in [-0.3, -0.25) is 4.79 Å². The molecule has 6 nitrogen and oxygen atoms in total. The van der Waals surface area contributed by atoms with Gasteiger partial charge in [-0.1, -0.05) is 20.8 Å². The molecule has 1 amide bonds. The minimum Gasteiger partial charge on any atom is -0.323 e. The summed E-state index contributed by atoms with van der Waals surface area (Å²) in [6.07, 6.45) is 2.37. The molecule has 1 atom stereocenters. The fourth-order valence-corrected chi connectivity index (χ4v) is 1.85. The number of hydrogen-bond acceptors (Lipinski definition) is 5. The van der Waals surface area contributed by atoms with E-state index in [0.717, 1.165) is 6.26 Å². The van der Waals surface area contributed by atoms with Crippen molar-refractivity contribution >= 4 is 21.4 Å². The largest absolute Gasteiger partial charge is 0.323 e. The molecule has 1 heterocycles. The average molecular weight is 285 g/mol. The highest BCUT2D eigenvalue weighted by Gasteiger charge is 2.27. The van der Waals surface area contributed by atoms with Crippen molar-refractivity contribution in [3.63, 3.8) is 0 Å². The fraction of sp³-hybridized carbons (Fsp3) is 0.500. The molecule has 0 fully saturated rings. The molecule has 0 aliphatic rings. The number of hydrogen-bond donors (Lipinski definition) is 2. The second-order valence-corrected chi connectivity index (χ2v) is 7.45. The maximum Gasteiger partial charge on any atom is 0.241 e. The predicted octanol–water partition coefficient (Wildman–Crippen LogP) is 0.797. The third kappa shape index (κ3) is 4.29. The number of carbonyl (C=O) groups is 1. The highest BCUT2D eigenvalue weighted by molar-refractivity contribution is 7.90. The van der Waals surface area contributed by atoms with E-state index in [1.807, 2.05) is 20.8 Å². The first kappa shape index (κ1) is 15.6. The highest BCUT2D eigenvalue weighted by atomic mass is 32.2. The molecule has 0 radical (unpaired) electrons. The van der Waals surface area contributed by atoms with E-state index in [1.54, 1.807) is 0 Å². The first-order valence-corrected chi connectivity index (χ1v) is 7.63. The van der Waals surface area contributed by atoms with Crippen molar-refractivity contribution in [2.45, 2.75) is 31.8 Å². The van der Waals surface area contributed by atoms with Crippen molar-refractivity contribution in [1.29, 1.82) is 0 Å². The van der Waals surface area contributed by atoms with Crippen LogP contribution in [0.3, 0.4) is 0 Å². The van der Waals surface area contributed by atoms with Crippen molar-refractivity contribution < 1.29 is 13.2 Å². The molecule has 106 valence electrons. The number of nitrogens with zero attached hydrogens (tertiary/aromatic N) is 1. The molecule has 0 aromatic carbocycles. The molecular formula is C12H19N3O3S. The molecule has 7 heteroatoms. The minimum absolute atomic E-state index is 0.0365. The maximum atomic E-state index is 11.9. The number of nitrogens with one attached hydrogen (secondary N) is 1. The van der Waals surface area contributed by atoms with E-state index in [-0.39, 0.29) is 16.3 Å². The summed E-state index contributed by atoms with van der Waals surface area (Å²) in [5.41, 5.74) is 5.87. The van der Waals surface area contributed by atoms with Gasteiger partial charge in [0.25, 0.3) is 0 Å². The van der Waals surface area contributed by atoms with Crippen LogP contribution in [0.2, 0.25) is 0 Å². The number of rotatable bonds is 3. The average Bonchev–Trinajstić information content (AvgIpc) is 2.26. The Morgan fingerprint density at radius 2 is 1.95 bits per heavy atom. The smallest absolute Gasteiger partial charge is 0.241 e. The Bertz CT molecular complexity index is 559. The van der Waals surface area contributed by atoms with Crippen LogP contribution in [-0.2, 0) is 14.6 Å². The summed E-state index contributed by atoms with van der Waals surface area (Å²) >= 11 is 0. The van der Waals surface area contributed by atoms with E-state index in [1.165, 1.54) is 18.3 Å². The molecule has 1 aromatic heterocycles. The van der Waals surface area contributed by atoms with Gasteiger partial charge in [0.15, 0.2) is 14.9 Å². The lowest BCUT2D eigenvalue weighted by Crippen LogP contribution is -2.45. The molecule has 3 N–H and O–H groups in total. The van der Waals surface area contributed by atoms with Gasteiger partial charge in [0.2, 0.25) is 5.91 Å². The lowest BCUT2D eigenvalue weighted by atomic mass is 9.87. The summed E-state index contributed by atoms with van der Waals surface area (Å²) in [4.78, 5) is 15.6. The summed E-state index contributed by atoms with van der Waals surface area (Å²) in [5, 5.41) is 2.57. The van der Waals surface area contributed by atoms with E-state index in [9.17, 15) is 13.2 Å². The van der Waals surface area contributed by atoms with Crippen LogP contribution < -0.4 is 11.1 Å². The van der Waals surface area contributed by atoms with Crippen LogP contribution in [0.4, 0.5) is 5.69 Å². The van der Waals surface area contributed by atoms with Crippen molar-refractivity contribution in [3.05, 3.63) is 18.3 Å². The Hall–Kier alpha value is -1.47. The van der Waals surface area contributed by atoms with Crippen molar-refractivity contribution in [1.82, 2.24) is 4.98 Å². The van der Waals surface area contributed by atoms with Gasteiger partial charge in [0.1, 0.15) is 0 Å². The molecule has 0 saturated heterocycles. The molecule has 19 heavy (non-hydrogen) atoms. The summed E-state index contributed by atoms with van der Waals surface area (Å²) in [6.45, 7) is 5.59. The van der Waals surface area contributed by atoms with Crippen molar-refractivity contribution in [3.8, 4) is 0 Å². The van der Waals surface area contributed by atoms with Gasteiger partial charge in [-0.05, 0) is 17.5 Å². The first-order valence-electron chi connectivity index (χ1n) is 5.74. The van der Waals surface area contributed by atoms with Gasteiger partial charge in [-0.25, -0.2) is 13.4 Å². The van der Waals surface area contributed by atoms with E-state index < -0.39 is 15.9 Å². The van der Waals surface area contributed by atoms with E-state index in [2.05, 4.69) is 10.3 Å². The molecule has 0 spiro atoms. The van der Waals surface area contributed by atoms with Crippen molar-refractivity contribution in [2.24, 2.45) is 11.1 Å². The topological polar surface area (TPSA) is 102 Å². The molecular weight excluding hydrogens is 266 g/mol. The summed E-state index contributed by atoms with van der Waals surface area (Å²) < 4.78 is 22.5. The van der Waals surface area contributed by atoms with Crippen LogP contribution in [-0.4, -0.2) is 31.6 Å². The Kier molecular flexibility index (Phi) is 4.32. The van der Waals surface area contributed by atoms with Crippen LogP contribution >= 0.6 is 0 Å². The Labute approximate surface area is 113 Å². The van der Waals surface area contributed by atoms with Gasteiger partial charge in [0.05, 0.1) is 17.9 Å². The van der Waals surface area contributed by atoms with Crippen LogP contribution in [0.15, 0.2) is 23.4 Å². The Morgan fingerprint density at radius 1 is 1.37 bits per heavy atom. The summed E-state index contributed by atoms with van der Waals surface area (Å²) in [5.74, 6) is -0.332.